The van der Waals surface area contributed by atoms with E-state index in [1.807, 2.05) is 0 Å². The van der Waals surface area contributed by atoms with E-state index in [0.29, 0.717) is 25.6 Å². The highest BCUT2D eigenvalue weighted by molar-refractivity contribution is 5.80. The first-order chi connectivity index (χ1) is 11.8. The first-order valence-electron chi connectivity index (χ1n) is 7.98. The summed E-state index contributed by atoms with van der Waals surface area (Å²) in [6.45, 7) is 0.488. The maximum atomic E-state index is 14.8. The number of hydrogen-bond donors (Lipinski definition) is 1. The smallest absolute Gasteiger partial charge is 0.389 e. The zero-order valence-electron chi connectivity index (χ0n) is 13.1. The van der Waals surface area contributed by atoms with Crippen molar-refractivity contribution in [3.63, 3.8) is 0 Å². The molecule has 1 saturated heterocycles. The van der Waals surface area contributed by atoms with Gasteiger partial charge in [-0.2, -0.15) is 13.2 Å². The summed E-state index contributed by atoms with van der Waals surface area (Å²) < 4.78 is 54.7. The predicted molar refractivity (Wildman–Crippen MR) is 79.1 cm³/mol. The van der Waals surface area contributed by atoms with Gasteiger partial charge < -0.3 is 14.6 Å². The second-order valence-corrected chi connectivity index (χ2v) is 6.49. The molecule has 2 aromatic heterocycles. The van der Waals surface area contributed by atoms with Gasteiger partial charge in [-0.25, -0.2) is 9.37 Å². The molecule has 0 aromatic carbocycles. The van der Waals surface area contributed by atoms with E-state index in [4.69, 9.17) is 0 Å². The van der Waals surface area contributed by atoms with Crippen LogP contribution in [-0.4, -0.2) is 44.2 Å². The zero-order valence-corrected chi connectivity index (χ0v) is 13.1. The monoisotopic (exact) mass is 357 g/mol. The Balaban J connectivity index is 1.78. The maximum Gasteiger partial charge on any atom is 0.417 e. The van der Waals surface area contributed by atoms with Gasteiger partial charge in [-0.15, -0.1) is 0 Å². The van der Waals surface area contributed by atoms with Gasteiger partial charge in [0.2, 0.25) is 5.91 Å². The molecule has 1 N–H and O–H groups in total. The van der Waals surface area contributed by atoms with E-state index in [-0.39, 0.29) is 35.6 Å². The number of halogens is 4. The van der Waals surface area contributed by atoms with Gasteiger partial charge in [-0.1, -0.05) is 0 Å². The summed E-state index contributed by atoms with van der Waals surface area (Å²) in [4.78, 5) is 17.2. The lowest BCUT2D eigenvalue weighted by molar-refractivity contribution is -0.137. The number of carbonyl (C=O) groups is 1. The molecule has 0 aliphatic carbocycles. The summed E-state index contributed by atoms with van der Waals surface area (Å²) in [7, 11) is 0. The van der Waals surface area contributed by atoms with Crippen molar-refractivity contribution < 1.29 is 27.5 Å². The molecule has 25 heavy (non-hydrogen) atoms. The largest absolute Gasteiger partial charge is 0.417 e. The van der Waals surface area contributed by atoms with Gasteiger partial charge >= 0.3 is 6.18 Å². The van der Waals surface area contributed by atoms with Crippen LogP contribution in [0.1, 0.15) is 24.1 Å². The fraction of sp³-hybridized carbons (Fsp3) is 0.500. The highest BCUT2D eigenvalue weighted by Crippen LogP contribution is 2.35. The third-order valence-electron chi connectivity index (χ3n) is 4.99. The second kappa shape index (κ2) is 5.42. The minimum absolute atomic E-state index is 0.0113. The number of amides is 1. The molecule has 0 saturated carbocycles. The Morgan fingerprint density at radius 2 is 2.08 bits per heavy atom. The molecular weight excluding hydrogens is 342 g/mol. The van der Waals surface area contributed by atoms with Crippen LogP contribution in [-0.2, 0) is 23.9 Å². The molecule has 0 radical (unpaired) electrons. The fourth-order valence-electron chi connectivity index (χ4n) is 3.77. The van der Waals surface area contributed by atoms with Crippen molar-refractivity contribution in [1.29, 1.82) is 0 Å². The molecule has 134 valence electrons. The molecule has 2 aliphatic heterocycles. The summed E-state index contributed by atoms with van der Waals surface area (Å²) in [5.74, 6) is -0.858. The maximum absolute atomic E-state index is 14.8. The standard InChI is InChI=1S/C16H15F4N3O2/c17-14-9-4-8(16(18,19)20)6-21-15(9)23-7-12(24)10(5-11(14)23)22-3-1-2-13(22)25/h4,6,10,12,24H,1-3,5,7H2. The number of fused-ring (bicyclic) bond motifs is 3. The predicted octanol–water partition coefficient (Wildman–Crippen LogP) is 2.10. The topological polar surface area (TPSA) is 58.4 Å². The lowest BCUT2D eigenvalue weighted by Gasteiger charge is -2.36. The lowest BCUT2D eigenvalue weighted by atomic mass is 9.99. The third-order valence-corrected chi connectivity index (χ3v) is 4.99. The van der Waals surface area contributed by atoms with Crippen LogP contribution in [0.3, 0.4) is 0 Å². The van der Waals surface area contributed by atoms with Crippen molar-refractivity contribution in [3.8, 4) is 0 Å². The number of nitrogens with zero attached hydrogens (tertiary/aromatic N) is 3. The number of hydrogen-bond acceptors (Lipinski definition) is 3. The number of carbonyl (C=O) groups excluding carboxylic acids is 1. The number of rotatable bonds is 1. The molecule has 2 unspecified atom stereocenters. The van der Waals surface area contributed by atoms with Crippen LogP contribution < -0.4 is 0 Å². The van der Waals surface area contributed by atoms with Gasteiger partial charge in [0.1, 0.15) is 5.65 Å². The average Bonchev–Trinajstić information content (AvgIpc) is 3.08. The molecule has 2 aliphatic rings. The van der Waals surface area contributed by atoms with Gasteiger partial charge in [0, 0.05) is 25.6 Å². The van der Waals surface area contributed by atoms with Gasteiger partial charge in [0.25, 0.3) is 0 Å². The number of alkyl halides is 3. The van der Waals surface area contributed by atoms with E-state index in [1.165, 1.54) is 4.57 Å². The van der Waals surface area contributed by atoms with Crippen LogP contribution in [0.25, 0.3) is 11.0 Å². The second-order valence-electron chi connectivity index (χ2n) is 6.49. The molecule has 9 heteroatoms. The third kappa shape index (κ3) is 2.48. The minimum atomic E-state index is -4.61. The molecule has 5 nitrogen and oxygen atoms in total. The van der Waals surface area contributed by atoms with E-state index >= 15 is 0 Å². The van der Waals surface area contributed by atoms with E-state index < -0.39 is 29.7 Å². The molecule has 1 amide bonds. The quantitative estimate of drug-likeness (QED) is 0.796. The molecule has 4 heterocycles. The van der Waals surface area contributed by atoms with E-state index in [1.54, 1.807) is 4.90 Å². The lowest BCUT2D eigenvalue weighted by Crippen LogP contribution is -2.50. The SMILES string of the molecule is O=C1CCCN1C1Cc2c(F)c3cc(C(F)(F)F)cnc3n2CC1O. The molecule has 2 aromatic rings. The summed E-state index contributed by atoms with van der Waals surface area (Å²) in [6.07, 6.45) is -3.74. The van der Waals surface area contributed by atoms with Gasteiger partial charge in [0.15, 0.2) is 5.82 Å². The first-order valence-corrected chi connectivity index (χ1v) is 7.98. The van der Waals surface area contributed by atoms with Gasteiger partial charge in [-0.3, -0.25) is 4.79 Å². The van der Waals surface area contributed by atoms with Crippen molar-refractivity contribution >= 4 is 16.9 Å². The molecule has 0 spiro atoms. The summed E-state index contributed by atoms with van der Waals surface area (Å²) in [5, 5.41) is 10.2. The van der Waals surface area contributed by atoms with Crippen molar-refractivity contribution in [2.45, 2.75) is 44.1 Å². The number of aromatic nitrogens is 2. The summed E-state index contributed by atoms with van der Waals surface area (Å²) in [5.41, 5.74) is -0.767. The zero-order chi connectivity index (χ0) is 17.9. The Kier molecular flexibility index (Phi) is 3.54. The molecule has 4 rings (SSSR count). The Hall–Kier alpha value is -2.16. The van der Waals surface area contributed by atoms with E-state index in [9.17, 15) is 27.5 Å². The van der Waals surface area contributed by atoms with Crippen molar-refractivity contribution in [2.24, 2.45) is 0 Å². The van der Waals surface area contributed by atoms with Crippen LogP contribution in [0.4, 0.5) is 17.6 Å². The summed E-state index contributed by atoms with van der Waals surface area (Å²) >= 11 is 0. The molecule has 2 atom stereocenters. The normalized spacial score (nSPS) is 24.2. The number of aliphatic hydroxyl groups excluding tert-OH is 1. The van der Waals surface area contributed by atoms with E-state index in [2.05, 4.69) is 4.98 Å². The minimum Gasteiger partial charge on any atom is -0.389 e. The molecule has 1 fully saturated rings. The van der Waals surface area contributed by atoms with E-state index in [0.717, 1.165) is 6.07 Å². The van der Waals surface area contributed by atoms with Crippen LogP contribution in [0.2, 0.25) is 0 Å². The van der Waals surface area contributed by atoms with Crippen molar-refractivity contribution in [1.82, 2.24) is 14.5 Å². The van der Waals surface area contributed by atoms with Crippen LogP contribution in [0.5, 0.6) is 0 Å². The van der Waals surface area contributed by atoms with Crippen LogP contribution in [0, 0.1) is 5.82 Å². The van der Waals surface area contributed by atoms with Crippen LogP contribution >= 0.6 is 0 Å². The van der Waals surface area contributed by atoms with Crippen LogP contribution in [0.15, 0.2) is 12.3 Å². The highest BCUT2D eigenvalue weighted by atomic mass is 19.4. The van der Waals surface area contributed by atoms with Crippen molar-refractivity contribution in [2.75, 3.05) is 6.54 Å². The Morgan fingerprint density at radius 1 is 1.32 bits per heavy atom. The Bertz CT molecular complexity index is 861. The molecular formula is C16H15F4N3O2. The van der Waals surface area contributed by atoms with Gasteiger partial charge in [0.05, 0.1) is 35.3 Å². The Morgan fingerprint density at radius 3 is 2.72 bits per heavy atom. The fourth-order valence-corrected chi connectivity index (χ4v) is 3.77. The number of pyridine rings is 1. The molecule has 0 bridgehead atoms. The number of aliphatic hydroxyl groups is 1. The average molecular weight is 357 g/mol. The Labute approximate surface area is 139 Å². The van der Waals surface area contributed by atoms with Crippen molar-refractivity contribution in [3.05, 3.63) is 29.3 Å². The van der Waals surface area contributed by atoms with Gasteiger partial charge in [-0.05, 0) is 12.5 Å². The number of likely N-dealkylation sites (tertiary alicyclic amines) is 1. The first kappa shape index (κ1) is 16.3. The highest BCUT2D eigenvalue weighted by Gasteiger charge is 2.39. The summed E-state index contributed by atoms with van der Waals surface area (Å²) in [6, 6.07) is 0.175.